The van der Waals surface area contributed by atoms with Gasteiger partial charge >= 0.3 is 6.09 Å². The molecule has 0 amide bonds. The van der Waals surface area contributed by atoms with Crippen LogP contribution >= 0.6 is 0 Å². The van der Waals surface area contributed by atoms with Crippen LogP contribution in [0.4, 0.5) is 10.7 Å². The molecule has 0 atom stereocenters. The highest BCUT2D eigenvalue weighted by molar-refractivity contribution is 5.85. The van der Waals surface area contributed by atoms with Crippen molar-refractivity contribution in [2.45, 2.75) is 46.8 Å². The van der Waals surface area contributed by atoms with Crippen LogP contribution in [0.2, 0.25) is 0 Å². The fraction of sp³-hybridized carbons (Fsp3) is 0.368. The summed E-state index contributed by atoms with van der Waals surface area (Å²) in [5.74, 6) is 0.117. The van der Waals surface area contributed by atoms with Crippen molar-refractivity contribution < 1.29 is 9.53 Å². The fourth-order valence-corrected chi connectivity index (χ4v) is 2.96. The molecule has 2 N–H and O–H groups in total. The van der Waals surface area contributed by atoms with Gasteiger partial charge in [-0.1, -0.05) is 0 Å². The van der Waals surface area contributed by atoms with Crippen LogP contribution in [0.3, 0.4) is 0 Å². The van der Waals surface area contributed by atoms with Gasteiger partial charge in [0.2, 0.25) is 5.95 Å². The predicted octanol–water partition coefficient (Wildman–Crippen LogP) is 2.95. The zero-order valence-corrected chi connectivity index (χ0v) is 16.1. The first-order chi connectivity index (χ1) is 12.6. The fourth-order valence-electron chi connectivity index (χ4n) is 2.96. The first-order valence-corrected chi connectivity index (χ1v) is 8.71. The number of nitrogens with two attached hydrogens (primary N) is 1. The maximum atomic E-state index is 13.1. The Balaban J connectivity index is 2.26. The quantitative estimate of drug-likeness (QED) is 0.744. The second kappa shape index (κ2) is 6.53. The van der Waals surface area contributed by atoms with E-state index in [1.807, 2.05) is 13.8 Å². The third kappa shape index (κ3) is 3.42. The Labute approximate surface area is 156 Å². The van der Waals surface area contributed by atoms with E-state index in [2.05, 4.69) is 9.97 Å². The number of nitrogen functional groups attached to an aromatic ring is 1. The minimum atomic E-state index is -0.645. The van der Waals surface area contributed by atoms with Crippen molar-refractivity contribution in [2.75, 3.05) is 5.73 Å². The van der Waals surface area contributed by atoms with Crippen molar-refractivity contribution in [1.82, 2.24) is 19.1 Å². The summed E-state index contributed by atoms with van der Waals surface area (Å²) >= 11 is 0. The number of pyridine rings is 1. The standard InChI is InChI=1S/C19H23N5O3/c1-6-23-15-12(11(2)21-17(20)22-15)10-13(16(23)25)14-8-7-9-24(14)18(26)27-19(3,4)5/h7-10H,6H2,1-5H3,(H2,20,21,22). The van der Waals surface area contributed by atoms with Crippen LogP contribution < -0.4 is 11.3 Å². The molecule has 0 saturated carbocycles. The first kappa shape index (κ1) is 18.6. The van der Waals surface area contributed by atoms with Crippen molar-refractivity contribution in [1.29, 1.82) is 0 Å². The number of carbonyl (C=O) groups excluding carboxylic acids is 1. The maximum Gasteiger partial charge on any atom is 0.418 e. The van der Waals surface area contributed by atoms with Crippen LogP contribution in [0.5, 0.6) is 0 Å². The van der Waals surface area contributed by atoms with Gasteiger partial charge in [0.15, 0.2) is 0 Å². The number of ether oxygens (including phenoxy) is 1. The predicted molar refractivity (Wildman–Crippen MR) is 104 cm³/mol. The molecule has 0 unspecified atom stereocenters. The minimum absolute atomic E-state index is 0.117. The molecule has 0 fully saturated rings. The normalized spacial score (nSPS) is 11.7. The Kier molecular flexibility index (Phi) is 4.51. The van der Waals surface area contributed by atoms with Crippen molar-refractivity contribution in [3.8, 4) is 11.3 Å². The van der Waals surface area contributed by atoms with E-state index in [0.717, 1.165) is 0 Å². The summed E-state index contributed by atoms with van der Waals surface area (Å²) in [5.41, 5.74) is 6.81. The number of hydrogen-bond donors (Lipinski definition) is 1. The number of rotatable bonds is 2. The monoisotopic (exact) mass is 369 g/mol. The van der Waals surface area contributed by atoms with Gasteiger partial charge in [0.1, 0.15) is 11.2 Å². The molecule has 142 valence electrons. The Morgan fingerprint density at radius 1 is 1.30 bits per heavy atom. The van der Waals surface area contributed by atoms with E-state index < -0.39 is 11.7 Å². The van der Waals surface area contributed by atoms with E-state index in [1.54, 1.807) is 45.2 Å². The van der Waals surface area contributed by atoms with Crippen molar-refractivity contribution in [2.24, 2.45) is 0 Å². The van der Waals surface area contributed by atoms with Crippen LogP contribution in [0.25, 0.3) is 22.3 Å². The molecule has 8 nitrogen and oxygen atoms in total. The number of anilines is 1. The third-order valence-corrected chi connectivity index (χ3v) is 4.08. The highest BCUT2D eigenvalue weighted by atomic mass is 16.6. The molecule has 3 aromatic heterocycles. The number of hydrogen-bond acceptors (Lipinski definition) is 6. The number of aryl methyl sites for hydroxylation is 2. The van der Waals surface area contributed by atoms with Gasteiger partial charge in [-0.15, -0.1) is 0 Å². The molecule has 3 aromatic rings. The summed E-state index contributed by atoms with van der Waals surface area (Å²) in [7, 11) is 0. The smallest absolute Gasteiger partial charge is 0.418 e. The van der Waals surface area contributed by atoms with E-state index in [9.17, 15) is 9.59 Å². The van der Waals surface area contributed by atoms with Gasteiger partial charge in [-0.05, 0) is 52.8 Å². The topological polar surface area (TPSA) is 105 Å². The van der Waals surface area contributed by atoms with E-state index in [0.29, 0.717) is 34.5 Å². The molecular formula is C19H23N5O3. The lowest BCUT2D eigenvalue weighted by Gasteiger charge is -2.20. The van der Waals surface area contributed by atoms with Gasteiger partial charge in [0.05, 0.1) is 17.0 Å². The highest BCUT2D eigenvalue weighted by Gasteiger charge is 2.22. The van der Waals surface area contributed by atoms with Gasteiger partial charge in [0.25, 0.3) is 5.56 Å². The second-order valence-electron chi connectivity index (χ2n) is 7.26. The van der Waals surface area contributed by atoms with Gasteiger partial charge in [-0.3, -0.25) is 13.9 Å². The largest absolute Gasteiger partial charge is 0.443 e. The maximum absolute atomic E-state index is 13.1. The van der Waals surface area contributed by atoms with Crippen molar-refractivity contribution in [3.05, 3.63) is 40.4 Å². The number of aromatic nitrogens is 4. The summed E-state index contributed by atoms with van der Waals surface area (Å²) in [6, 6.07) is 5.11. The number of fused-ring (bicyclic) bond motifs is 1. The molecule has 0 bridgehead atoms. The van der Waals surface area contributed by atoms with E-state index >= 15 is 0 Å². The van der Waals surface area contributed by atoms with Gasteiger partial charge in [-0.2, -0.15) is 4.98 Å². The Morgan fingerprint density at radius 2 is 2.00 bits per heavy atom. The summed E-state index contributed by atoms with van der Waals surface area (Å²) in [6.07, 6.45) is 1.03. The summed E-state index contributed by atoms with van der Waals surface area (Å²) in [6.45, 7) is 9.44. The van der Waals surface area contributed by atoms with Crippen LogP contribution in [0.1, 0.15) is 33.4 Å². The SMILES string of the molecule is CCn1c(=O)c(-c2cccn2C(=O)OC(C)(C)C)cc2c(C)nc(N)nc21. The molecule has 0 aliphatic rings. The van der Waals surface area contributed by atoms with E-state index in [4.69, 9.17) is 10.5 Å². The average Bonchev–Trinajstić information content (AvgIpc) is 3.02. The lowest BCUT2D eigenvalue weighted by Crippen LogP contribution is -2.28. The summed E-state index contributed by atoms with van der Waals surface area (Å²) in [5, 5.41) is 0.706. The van der Waals surface area contributed by atoms with Gasteiger partial charge < -0.3 is 10.5 Å². The zero-order chi connectivity index (χ0) is 19.9. The first-order valence-electron chi connectivity index (χ1n) is 8.71. The molecular weight excluding hydrogens is 346 g/mol. The molecule has 3 heterocycles. The summed E-state index contributed by atoms with van der Waals surface area (Å²) in [4.78, 5) is 34.1. The Hall–Kier alpha value is -3.16. The third-order valence-electron chi connectivity index (χ3n) is 4.08. The van der Waals surface area contributed by atoms with Crippen LogP contribution in [0, 0.1) is 6.92 Å². The molecule has 0 saturated heterocycles. The molecule has 0 aromatic carbocycles. The Morgan fingerprint density at radius 3 is 2.63 bits per heavy atom. The molecule has 3 rings (SSSR count). The Bertz CT molecular complexity index is 1090. The number of carbonyl (C=O) groups is 1. The lowest BCUT2D eigenvalue weighted by atomic mass is 10.1. The molecule has 27 heavy (non-hydrogen) atoms. The van der Waals surface area contributed by atoms with E-state index in [1.165, 1.54) is 9.13 Å². The lowest BCUT2D eigenvalue weighted by molar-refractivity contribution is 0.0540. The zero-order valence-electron chi connectivity index (χ0n) is 16.1. The number of nitrogens with zero attached hydrogens (tertiary/aromatic N) is 4. The van der Waals surface area contributed by atoms with Crippen LogP contribution in [-0.2, 0) is 11.3 Å². The van der Waals surface area contributed by atoms with Crippen LogP contribution in [-0.4, -0.2) is 30.8 Å². The molecule has 8 heteroatoms. The van der Waals surface area contributed by atoms with Gasteiger partial charge in [0, 0.05) is 18.1 Å². The van der Waals surface area contributed by atoms with Gasteiger partial charge in [-0.25, -0.2) is 9.78 Å². The minimum Gasteiger partial charge on any atom is -0.443 e. The molecule has 0 spiro atoms. The molecule has 0 radical (unpaired) electrons. The van der Waals surface area contributed by atoms with Crippen molar-refractivity contribution >= 4 is 23.1 Å². The second-order valence-corrected chi connectivity index (χ2v) is 7.26. The van der Waals surface area contributed by atoms with Crippen LogP contribution in [0.15, 0.2) is 29.2 Å². The average molecular weight is 369 g/mol. The molecule has 0 aliphatic carbocycles. The molecule has 0 aliphatic heterocycles. The highest BCUT2D eigenvalue weighted by Crippen LogP contribution is 2.24. The van der Waals surface area contributed by atoms with E-state index in [-0.39, 0.29) is 11.5 Å². The van der Waals surface area contributed by atoms with Crippen molar-refractivity contribution in [3.63, 3.8) is 0 Å². The summed E-state index contributed by atoms with van der Waals surface area (Å²) < 4.78 is 8.31.